The van der Waals surface area contributed by atoms with Crippen molar-refractivity contribution in [1.82, 2.24) is 9.97 Å². The summed E-state index contributed by atoms with van der Waals surface area (Å²) in [6.45, 7) is 0. The van der Waals surface area contributed by atoms with Crippen LogP contribution in [0.15, 0.2) is 30.5 Å². The van der Waals surface area contributed by atoms with Crippen molar-refractivity contribution < 1.29 is 13.9 Å². The summed E-state index contributed by atoms with van der Waals surface area (Å²) >= 11 is 0. The maximum atomic E-state index is 12.7. The monoisotopic (exact) mass is 220 g/mol. The van der Waals surface area contributed by atoms with Gasteiger partial charge in [0.15, 0.2) is 0 Å². The molecule has 1 aromatic heterocycles. The van der Waals surface area contributed by atoms with Gasteiger partial charge in [-0.15, -0.1) is 0 Å². The van der Waals surface area contributed by atoms with Crippen molar-refractivity contribution >= 4 is 5.97 Å². The van der Waals surface area contributed by atoms with E-state index in [2.05, 4.69) is 14.7 Å². The molecule has 0 aliphatic carbocycles. The fourth-order valence-corrected chi connectivity index (χ4v) is 1.30. The molecule has 5 heteroatoms. The van der Waals surface area contributed by atoms with Gasteiger partial charge in [0.2, 0.25) is 5.82 Å². The smallest absolute Gasteiger partial charge is 0.374 e. The first kappa shape index (κ1) is 10.4. The lowest BCUT2D eigenvalue weighted by molar-refractivity contribution is 0.0588. The number of ether oxygens (including phenoxy) is 1. The highest BCUT2D eigenvalue weighted by Gasteiger charge is 2.10. The maximum absolute atomic E-state index is 12.7. The molecule has 4 nitrogen and oxygen atoms in total. The Balaban J connectivity index is 2.31. The number of carbonyl (C=O) groups excluding carboxylic acids is 1. The van der Waals surface area contributed by atoms with Crippen LogP contribution in [-0.2, 0) is 4.74 Å². The van der Waals surface area contributed by atoms with Crippen LogP contribution in [0.2, 0.25) is 0 Å². The minimum Gasteiger partial charge on any atom is -0.463 e. The first-order valence-corrected chi connectivity index (χ1v) is 4.60. The van der Waals surface area contributed by atoms with Crippen LogP contribution in [0.4, 0.5) is 4.39 Å². The number of hydrogen-bond acceptors (Lipinski definition) is 3. The fraction of sp³-hybridized carbons (Fsp3) is 0.0909. The highest BCUT2D eigenvalue weighted by Crippen LogP contribution is 2.17. The van der Waals surface area contributed by atoms with Gasteiger partial charge in [-0.1, -0.05) is 0 Å². The van der Waals surface area contributed by atoms with Crippen LogP contribution in [0.25, 0.3) is 11.3 Å². The predicted molar refractivity (Wildman–Crippen MR) is 55.3 cm³/mol. The molecule has 0 fully saturated rings. The van der Waals surface area contributed by atoms with E-state index in [1.54, 1.807) is 12.1 Å². The van der Waals surface area contributed by atoms with Crippen LogP contribution in [0, 0.1) is 5.82 Å². The molecule has 2 aromatic rings. The number of esters is 1. The quantitative estimate of drug-likeness (QED) is 0.787. The Hall–Kier alpha value is -2.17. The van der Waals surface area contributed by atoms with Gasteiger partial charge in [0.1, 0.15) is 5.82 Å². The number of carbonyl (C=O) groups is 1. The lowest BCUT2D eigenvalue weighted by Gasteiger charge is -1.96. The van der Waals surface area contributed by atoms with Crippen molar-refractivity contribution in [3.8, 4) is 11.3 Å². The van der Waals surface area contributed by atoms with Crippen molar-refractivity contribution in [2.45, 2.75) is 0 Å². The summed E-state index contributed by atoms with van der Waals surface area (Å²) in [5.74, 6) is -0.716. The van der Waals surface area contributed by atoms with E-state index in [1.807, 2.05) is 0 Å². The number of aromatic amines is 1. The minimum absolute atomic E-state index is 0.127. The molecule has 16 heavy (non-hydrogen) atoms. The van der Waals surface area contributed by atoms with Gasteiger partial charge < -0.3 is 9.72 Å². The molecular formula is C11H9FN2O2. The van der Waals surface area contributed by atoms with Gasteiger partial charge in [-0.3, -0.25) is 0 Å². The molecule has 0 aliphatic rings. The lowest BCUT2D eigenvalue weighted by Crippen LogP contribution is -2.03. The zero-order chi connectivity index (χ0) is 11.5. The number of H-pyrrole nitrogens is 1. The summed E-state index contributed by atoms with van der Waals surface area (Å²) in [5.41, 5.74) is 1.39. The molecule has 0 bridgehead atoms. The number of nitrogens with one attached hydrogen (secondary N) is 1. The number of hydrogen-bond donors (Lipinski definition) is 1. The molecule has 2 rings (SSSR count). The maximum Gasteiger partial charge on any atom is 0.374 e. The zero-order valence-electron chi connectivity index (χ0n) is 8.53. The Morgan fingerprint density at radius 3 is 2.69 bits per heavy atom. The van der Waals surface area contributed by atoms with Gasteiger partial charge in [-0.2, -0.15) is 0 Å². The number of aromatic nitrogens is 2. The predicted octanol–water partition coefficient (Wildman–Crippen LogP) is 2.00. The highest BCUT2D eigenvalue weighted by atomic mass is 19.1. The SMILES string of the molecule is COC(=O)c1ncc(-c2ccc(F)cc2)[nH]1. The van der Waals surface area contributed by atoms with Crippen LogP contribution in [0.1, 0.15) is 10.6 Å². The van der Waals surface area contributed by atoms with E-state index < -0.39 is 5.97 Å². The lowest BCUT2D eigenvalue weighted by atomic mass is 10.2. The first-order chi connectivity index (χ1) is 7.70. The van der Waals surface area contributed by atoms with E-state index in [0.717, 1.165) is 5.56 Å². The largest absolute Gasteiger partial charge is 0.463 e. The normalized spacial score (nSPS) is 10.1. The second-order valence-electron chi connectivity index (χ2n) is 3.14. The van der Waals surface area contributed by atoms with Gasteiger partial charge in [-0.05, 0) is 29.8 Å². The molecule has 0 amide bonds. The molecule has 0 atom stereocenters. The average Bonchev–Trinajstić information content (AvgIpc) is 2.78. The summed E-state index contributed by atoms with van der Waals surface area (Å²) in [5, 5.41) is 0. The van der Waals surface area contributed by atoms with Crippen molar-refractivity contribution in [1.29, 1.82) is 0 Å². The zero-order valence-corrected chi connectivity index (χ0v) is 8.53. The molecule has 1 heterocycles. The standard InChI is InChI=1S/C11H9FN2O2/c1-16-11(15)10-13-6-9(14-10)7-2-4-8(12)5-3-7/h2-6H,1H3,(H,13,14). The number of imidazole rings is 1. The van der Waals surface area contributed by atoms with E-state index >= 15 is 0 Å². The third-order valence-corrected chi connectivity index (χ3v) is 2.11. The third kappa shape index (κ3) is 1.93. The van der Waals surface area contributed by atoms with Gasteiger partial charge in [-0.25, -0.2) is 14.2 Å². The van der Waals surface area contributed by atoms with Crippen LogP contribution in [-0.4, -0.2) is 23.0 Å². The molecular weight excluding hydrogens is 211 g/mol. The number of halogens is 1. The Kier molecular flexibility index (Phi) is 2.68. The van der Waals surface area contributed by atoms with Gasteiger partial charge in [0, 0.05) is 0 Å². The van der Waals surface area contributed by atoms with E-state index in [9.17, 15) is 9.18 Å². The summed E-state index contributed by atoms with van der Waals surface area (Å²) in [6.07, 6.45) is 1.50. The van der Waals surface area contributed by atoms with Crippen LogP contribution in [0.3, 0.4) is 0 Å². The van der Waals surface area contributed by atoms with E-state index in [1.165, 1.54) is 25.4 Å². The number of methoxy groups -OCH3 is 1. The second kappa shape index (κ2) is 4.14. The van der Waals surface area contributed by atoms with Crippen molar-refractivity contribution in [2.24, 2.45) is 0 Å². The molecule has 1 N–H and O–H groups in total. The minimum atomic E-state index is -0.534. The summed E-state index contributed by atoms with van der Waals surface area (Å²) in [6, 6.07) is 5.88. The molecule has 1 aromatic carbocycles. The van der Waals surface area contributed by atoms with Gasteiger partial charge >= 0.3 is 5.97 Å². The molecule has 0 radical (unpaired) electrons. The Bertz CT molecular complexity index is 505. The van der Waals surface area contributed by atoms with Crippen molar-refractivity contribution in [3.63, 3.8) is 0 Å². The van der Waals surface area contributed by atoms with Gasteiger partial charge in [0.05, 0.1) is 19.0 Å². The number of rotatable bonds is 2. The first-order valence-electron chi connectivity index (χ1n) is 4.60. The van der Waals surface area contributed by atoms with E-state index in [0.29, 0.717) is 5.69 Å². The molecule has 82 valence electrons. The molecule has 0 unspecified atom stereocenters. The average molecular weight is 220 g/mol. The molecule has 0 aliphatic heterocycles. The topological polar surface area (TPSA) is 55.0 Å². The summed E-state index contributed by atoms with van der Waals surface area (Å²) in [7, 11) is 1.28. The Morgan fingerprint density at radius 2 is 2.06 bits per heavy atom. The fourth-order valence-electron chi connectivity index (χ4n) is 1.30. The Morgan fingerprint density at radius 1 is 1.38 bits per heavy atom. The summed E-state index contributed by atoms with van der Waals surface area (Å²) < 4.78 is 17.2. The van der Waals surface area contributed by atoms with Crippen LogP contribution < -0.4 is 0 Å². The van der Waals surface area contributed by atoms with Crippen molar-refractivity contribution in [2.75, 3.05) is 7.11 Å². The Labute approximate surface area is 91.1 Å². The van der Waals surface area contributed by atoms with E-state index in [4.69, 9.17) is 0 Å². The van der Waals surface area contributed by atoms with Crippen LogP contribution >= 0.6 is 0 Å². The second-order valence-corrected chi connectivity index (χ2v) is 3.14. The number of nitrogens with zero attached hydrogens (tertiary/aromatic N) is 1. The van der Waals surface area contributed by atoms with E-state index in [-0.39, 0.29) is 11.6 Å². The number of benzene rings is 1. The van der Waals surface area contributed by atoms with Gasteiger partial charge in [0.25, 0.3) is 0 Å². The third-order valence-electron chi connectivity index (χ3n) is 2.11. The highest BCUT2D eigenvalue weighted by molar-refractivity contribution is 5.86. The summed E-state index contributed by atoms with van der Waals surface area (Å²) in [4.78, 5) is 17.8. The molecule has 0 saturated heterocycles. The van der Waals surface area contributed by atoms with Crippen molar-refractivity contribution in [3.05, 3.63) is 42.1 Å². The molecule has 0 saturated carbocycles. The van der Waals surface area contributed by atoms with Crippen LogP contribution in [0.5, 0.6) is 0 Å². The molecule has 0 spiro atoms.